The lowest BCUT2D eigenvalue weighted by atomic mass is 10.1. The highest BCUT2D eigenvalue weighted by atomic mass is 35.5. The molecule has 0 spiro atoms. The van der Waals surface area contributed by atoms with Gasteiger partial charge < -0.3 is 9.80 Å². The van der Waals surface area contributed by atoms with Crippen molar-refractivity contribution in [2.75, 3.05) is 31.1 Å². The molecule has 3 rings (SSSR count). The van der Waals surface area contributed by atoms with Gasteiger partial charge in [-0.25, -0.2) is 0 Å². The minimum Gasteiger partial charge on any atom is -0.367 e. The van der Waals surface area contributed by atoms with Crippen molar-refractivity contribution in [3.8, 4) is 0 Å². The molecule has 0 radical (unpaired) electrons. The van der Waals surface area contributed by atoms with Crippen LogP contribution in [-0.4, -0.2) is 42.8 Å². The number of hydrogen-bond acceptors (Lipinski definition) is 3. The normalized spacial score (nSPS) is 14.4. The second-order valence-electron chi connectivity index (χ2n) is 6.11. The molecule has 5 heteroatoms. The van der Waals surface area contributed by atoms with E-state index in [1.54, 1.807) is 12.1 Å². The van der Waals surface area contributed by atoms with Crippen molar-refractivity contribution in [1.82, 2.24) is 4.90 Å². The van der Waals surface area contributed by atoms with Crippen LogP contribution in [0.3, 0.4) is 0 Å². The molecule has 1 fully saturated rings. The molecule has 0 saturated carbocycles. The minimum absolute atomic E-state index is 0.0173. The molecule has 0 bridgehead atoms. The molecule has 1 heterocycles. The Bertz CT molecular complexity index is 740. The maximum atomic E-state index is 12.4. The molecular formula is C20H21ClN2O2. The summed E-state index contributed by atoms with van der Waals surface area (Å²) in [7, 11) is 0. The van der Waals surface area contributed by atoms with E-state index in [0.29, 0.717) is 18.7 Å². The van der Waals surface area contributed by atoms with Gasteiger partial charge in [0, 0.05) is 44.6 Å². The van der Waals surface area contributed by atoms with Gasteiger partial charge in [-0.05, 0) is 12.1 Å². The third kappa shape index (κ3) is 4.40. The summed E-state index contributed by atoms with van der Waals surface area (Å²) in [5.74, 6) is 0.0618. The highest BCUT2D eigenvalue weighted by Crippen LogP contribution is 2.26. The van der Waals surface area contributed by atoms with E-state index in [2.05, 4.69) is 4.90 Å². The van der Waals surface area contributed by atoms with Gasteiger partial charge in [0.15, 0.2) is 5.78 Å². The van der Waals surface area contributed by atoms with Crippen molar-refractivity contribution in [3.63, 3.8) is 0 Å². The van der Waals surface area contributed by atoms with Gasteiger partial charge in [0.2, 0.25) is 5.91 Å². The highest BCUT2D eigenvalue weighted by molar-refractivity contribution is 6.33. The van der Waals surface area contributed by atoms with Gasteiger partial charge in [0.1, 0.15) is 0 Å². The molecule has 1 saturated heterocycles. The molecule has 0 unspecified atom stereocenters. The maximum absolute atomic E-state index is 12.4. The number of Topliss-reactive ketones (excluding diaryl/α,β-unsaturated/α-hetero) is 1. The fourth-order valence-corrected chi connectivity index (χ4v) is 3.31. The molecule has 130 valence electrons. The van der Waals surface area contributed by atoms with Gasteiger partial charge in [-0.1, -0.05) is 54.1 Å². The number of nitrogens with zero attached hydrogens (tertiary/aromatic N) is 2. The Balaban J connectivity index is 1.49. The predicted octanol–water partition coefficient (Wildman–Crippen LogP) is 3.65. The Labute approximate surface area is 153 Å². The summed E-state index contributed by atoms with van der Waals surface area (Å²) in [5.41, 5.74) is 1.68. The molecule has 1 aliphatic rings. The number of anilines is 1. The van der Waals surface area contributed by atoms with Gasteiger partial charge in [-0.2, -0.15) is 0 Å². The summed E-state index contributed by atoms with van der Waals surface area (Å²) >= 11 is 6.24. The van der Waals surface area contributed by atoms with Gasteiger partial charge in [0.25, 0.3) is 0 Å². The molecule has 1 amide bonds. The molecular weight excluding hydrogens is 336 g/mol. The van der Waals surface area contributed by atoms with Crippen molar-refractivity contribution < 1.29 is 9.59 Å². The average Bonchev–Trinajstić information content (AvgIpc) is 2.67. The summed E-state index contributed by atoms with van der Waals surface area (Å²) < 4.78 is 0. The summed E-state index contributed by atoms with van der Waals surface area (Å²) in [6.07, 6.45) is 0.521. The van der Waals surface area contributed by atoms with Crippen LogP contribution in [0.5, 0.6) is 0 Å². The molecule has 0 N–H and O–H groups in total. The van der Waals surface area contributed by atoms with Crippen LogP contribution >= 0.6 is 11.6 Å². The first-order valence-electron chi connectivity index (χ1n) is 8.50. The number of para-hydroxylation sites is 1. The van der Waals surface area contributed by atoms with Crippen LogP contribution in [-0.2, 0) is 4.79 Å². The first-order valence-corrected chi connectivity index (χ1v) is 8.88. The average molecular weight is 357 g/mol. The quantitative estimate of drug-likeness (QED) is 0.768. The van der Waals surface area contributed by atoms with E-state index >= 15 is 0 Å². The second kappa shape index (κ2) is 8.17. The predicted molar refractivity (Wildman–Crippen MR) is 100 cm³/mol. The van der Waals surface area contributed by atoms with Crippen LogP contribution < -0.4 is 4.90 Å². The summed E-state index contributed by atoms with van der Waals surface area (Å²) in [5, 5.41) is 0.732. The van der Waals surface area contributed by atoms with Crippen LogP contribution in [0.1, 0.15) is 23.2 Å². The van der Waals surface area contributed by atoms with Crippen molar-refractivity contribution in [2.24, 2.45) is 0 Å². The molecule has 4 nitrogen and oxygen atoms in total. The molecule has 0 atom stereocenters. The number of piperazine rings is 1. The molecule has 2 aromatic carbocycles. The van der Waals surface area contributed by atoms with Gasteiger partial charge in [0.05, 0.1) is 10.7 Å². The zero-order chi connectivity index (χ0) is 17.6. The van der Waals surface area contributed by atoms with E-state index in [4.69, 9.17) is 11.6 Å². The third-order valence-corrected chi connectivity index (χ3v) is 4.81. The Morgan fingerprint density at radius 3 is 2.16 bits per heavy atom. The standard InChI is InChI=1S/C20H21ClN2O2/c21-17-8-4-5-9-18(17)22-12-14-23(15-13-22)20(25)11-10-19(24)16-6-2-1-3-7-16/h1-9H,10-15H2. The zero-order valence-corrected chi connectivity index (χ0v) is 14.8. The Kier molecular flexibility index (Phi) is 5.71. The first-order chi connectivity index (χ1) is 12.1. The molecule has 1 aliphatic heterocycles. The fraction of sp³-hybridized carbons (Fsp3) is 0.300. The first kappa shape index (κ1) is 17.5. The topological polar surface area (TPSA) is 40.6 Å². The smallest absolute Gasteiger partial charge is 0.223 e. The minimum atomic E-state index is 0.0173. The number of hydrogen-bond donors (Lipinski definition) is 0. The fourth-order valence-electron chi connectivity index (χ4n) is 3.05. The lowest BCUT2D eigenvalue weighted by Crippen LogP contribution is -2.48. The van der Waals surface area contributed by atoms with Gasteiger partial charge in [-0.3, -0.25) is 9.59 Å². The number of halogens is 1. The lowest BCUT2D eigenvalue weighted by Gasteiger charge is -2.36. The number of amides is 1. The van der Waals surface area contributed by atoms with Crippen LogP contribution in [0.4, 0.5) is 5.69 Å². The molecule has 0 aliphatic carbocycles. The van der Waals surface area contributed by atoms with Crippen molar-refractivity contribution in [2.45, 2.75) is 12.8 Å². The lowest BCUT2D eigenvalue weighted by molar-refractivity contribution is -0.131. The maximum Gasteiger partial charge on any atom is 0.223 e. The van der Waals surface area contributed by atoms with Crippen molar-refractivity contribution in [1.29, 1.82) is 0 Å². The van der Waals surface area contributed by atoms with Crippen LogP contribution in [0.25, 0.3) is 0 Å². The number of ketones is 1. The number of carbonyl (C=O) groups is 2. The Morgan fingerprint density at radius 1 is 0.840 bits per heavy atom. The second-order valence-corrected chi connectivity index (χ2v) is 6.52. The van der Waals surface area contributed by atoms with E-state index in [1.165, 1.54) is 0 Å². The monoisotopic (exact) mass is 356 g/mol. The molecule has 2 aromatic rings. The van der Waals surface area contributed by atoms with E-state index in [9.17, 15) is 9.59 Å². The number of benzene rings is 2. The highest BCUT2D eigenvalue weighted by Gasteiger charge is 2.22. The van der Waals surface area contributed by atoms with E-state index in [1.807, 2.05) is 47.4 Å². The van der Waals surface area contributed by atoms with E-state index in [-0.39, 0.29) is 24.5 Å². The third-order valence-electron chi connectivity index (χ3n) is 4.49. The number of rotatable bonds is 5. The van der Waals surface area contributed by atoms with Crippen LogP contribution in [0.2, 0.25) is 5.02 Å². The van der Waals surface area contributed by atoms with Gasteiger partial charge in [-0.15, -0.1) is 0 Å². The van der Waals surface area contributed by atoms with E-state index < -0.39 is 0 Å². The van der Waals surface area contributed by atoms with Crippen LogP contribution in [0.15, 0.2) is 54.6 Å². The number of carbonyl (C=O) groups excluding carboxylic acids is 2. The summed E-state index contributed by atoms with van der Waals surface area (Å²) in [6.45, 7) is 2.82. The summed E-state index contributed by atoms with van der Waals surface area (Å²) in [6, 6.07) is 16.9. The van der Waals surface area contributed by atoms with Crippen molar-refractivity contribution >= 4 is 29.0 Å². The van der Waals surface area contributed by atoms with Crippen molar-refractivity contribution in [3.05, 3.63) is 65.2 Å². The molecule has 0 aromatic heterocycles. The van der Waals surface area contributed by atoms with Crippen LogP contribution in [0, 0.1) is 0 Å². The Hall–Kier alpha value is -2.33. The van der Waals surface area contributed by atoms with E-state index in [0.717, 1.165) is 23.8 Å². The van der Waals surface area contributed by atoms with Gasteiger partial charge >= 0.3 is 0 Å². The SMILES string of the molecule is O=C(CCC(=O)N1CCN(c2ccccc2Cl)CC1)c1ccccc1. The Morgan fingerprint density at radius 2 is 1.48 bits per heavy atom. The zero-order valence-electron chi connectivity index (χ0n) is 14.0. The summed E-state index contributed by atoms with van der Waals surface area (Å²) in [4.78, 5) is 28.5. The largest absolute Gasteiger partial charge is 0.367 e. The molecule has 25 heavy (non-hydrogen) atoms.